The van der Waals surface area contributed by atoms with Crippen molar-refractivity contribution in [2.75, 3.05) is 7.11 Å². The van der Waals surface area contributed by atoms with Gasteiger partial charge in [0.05, 0.1) is 12.7 Å². The zero-order valence-electron chi connectivity index (χ0n) is 7.13. The van der Waals surface area contributed by atoms with E-state index >= 15 is 0 Å². The minimum absolute atomic E-state index is 0.284. The Morgan fingerprint density at radius 2 is 2.29 bits per heavy atom. The first-order valence-electron chi connectivity index (χ1n) is 3.58. The Labute approximate surface area is 83.7 Å². The Hall–Kier alpha value is -1.23. The van der Waals surface area contributed by atoms with E-state index in [0.29, 0.717) is 0 Å². The third-order valence-corrected chi connectivity index (χ3v) is 1.78. The number of pyridine rings is 1. The predicted octanol–water partition coefficient (Wildman–Crippen LogP) is 2.41. The van der Waals surface area contributed by atoms with Gasteiger partial charge in [0.1, 0.15) is 0 Å². The Morgan fingerprint density at radius 1 is 1.64 bits per heavy atom. The maximum Gasteiger partial charge on any atom is 0.269 e. The lowest BCUT2D eigenvalue weighted by molar-refractivity contribution is 0.106. The highest BCUT2D eigenvalue weighted by Crippen LogP contribution is 2.30. The summed E-state index contributed by atoms with van der Waals surface area (Å²) in [6.45, 7) is 0. The van der Waals surface area contributed by atoms with E-state index in [1.54, 1.807) is 0 Å². The number of rotatable bonds is 3. The van der Waals surface area contributed by atoms with E-state index in [0.717, 1.165) is 6.07 Å². The molecule has 3 nitrogen and oxygen atoms in total. The monoisotopic (exact) mass is 221 g/mol. The second kappa shape index (κ2) is 4.32. The van der Waals surface area contributed by atoms with Gasteiger partial charge >= 0.3 is 0 Å². The lowest BCUT2D eigenvalue weighted by Gasteiger charge is -2.08. The van der Waals surface area contributed by atoms with E-state index in [4.69, 9.17) is 11.6 Å². The fourth-order valence-corrected chi connectivity index (χ4v) is 1.16. The summed E-state index contributed by atoms with van der Waals surface area (Å²) >= 11 is 5.13. The van der Waals surface area contributed by atoms with Crippen LogP contribution in [0.25, 0.3) is 0 Å². The average Bonchev–Trinajstić information content (AvgIpc) is 2.16. The summed E-state index contributed by atoms with van der Waals surface area (Å²) < 4.78 is 29.6. The third-order valence-electron chi connectivity index (χ3n) is 1.58. The van der Waals surface area contributed by atoms with Gasteiger partial charge in [-0.1, -0.05) is 0 Å². The SMILES string of the molecule is COc1nccc(C(=O)Cl)c1C(F)F. The first-order chi connectivity index (χ1) is 6.57. The quantitative estimate of drug-likeness (QED) is 0.736. The second-order valence-electron chi connectivity index (χ2n) is 2.36. The van der Waals surface area contributed by atoms with E-state index in [9.17, 15) is 13.6 Å². The number of carbonyl (C=O) groups is 1. The molecule has 14 heavy (non-hydrogen) atoms. The topological polar surface area (TPSA) is 39.2 Å². The molecule has 0 aromatic carbocycles. The summed E-state index contributed by atoms with van der Waals surface area (Å²) in [6.07, 6.45) is -1.67. The molecule has 0 amide bonds. The Morgan fingerprint density at radius 3 is 2.71 bits per heavy atom. The van der Waals surface area contributed by atoms with Gasteiger partial charge in [-0.3, -0.25) is 4.79 Å². The minimum Gasteiger partial charge on any atom is -0.481 e. The number of hydrogen-bond donors (Lipinski definition) is 0. The predicted molar refractivity (Wildman–Crippen MR) is 45.9 cm³/mol. The molecular weight excluding hydrogens is 216 g/mol. The van der Waals surface area contributed by atoms with Crippen molar-refractivity contribution >= 4 is 16.8 Å². The number of alkyl halides is 2. The van der Waals surface area contributed by atoms with Gasteiger partial charge in [0.25, 0.3) is 11.7 Å². The van der Waals surface area contributed by atoms with E-state index in [-0.39, 0.29) is 11.4 Å². The molecule has 0 aliphatic heterocycles. The molecule has 0 spiro atoms. The van der Waals surface area contributed by atoms with Crippen LogP contribution < -0.4 is 4.74 Å². The zero-order valence-corrected chi connectivity index (χ0v) is 7.89. The number of ether oxygens (including phenoxy) is 1. The van der Waals surface area contributed by atoms with Gasteiger partial charge in [0, 0.05) is 11.8 Å². The number of nitrogens with zero attached hydrogens (tertiary/aromatic N) is 1. The number of hydrogen-bond acceptors (Lipinski definition) is 3. The standard InChI is InChI=1S/C8H6ClF2NO2/c1-14-8-5(7(10)11)4(6(9)13)2-3-12-8/h2-3,7H,1H3. The van der Waals surface area contributed by atoms with Crippen LogP contribution in [0.2, 0.25) is 0 Å². The van der Waals surface area contributed by atoms with Crippen LogP contribution in [0, 0.1) is 0 Å². The molecule has 0 saturated carbocycles. The van der Waals surface area contributed by atoms with Crippen molar-refractivity contribution in [2.45, 2.75) is 6.43 Å². The molecule has 1 aromatic rings. The number of halogens is 3. The van der Waals surface area contributed by atoms with E-state index in [1.807, 2.05) is 0 Å². The van der Waals surface area contributed by atoms with Gasteiger partial charge in [0.15, 0.2) is 0 Å². The van der Waals surface area contributed by atoms with Gasteiger partial charge in [-0.2, -0.15) is 0 Å². The lowest BCUT2D eigenvalue weighted by Crippen LogP contribution is -2.03. The van der Waals surface area contributed by atoms with Crippen LogP contribution in [0.15, 0.2) is 12.3 Å². The molecule has 0 aliphatic rings. The second-order valence-corrected chi connectivity index (χ2v) is 2.70. The maximum absolute atomic E-state index is 12.5. The molecule has 76 valence electrons. The van der Waals surface area contributed by atoms with Crippen molar-refractivity contribution in [3.05, 3.63) is 23.4 Å². The van der Waals surface area contributed by atoms with Crippen LogP contribution >= 0.6 is 11.6 Å². The maximum atomic E-state index is 12.5. The minimum atomic E-state index is -2.85. The van der Waals surface area contributed by atoms with Crippen molar-refractivity contribution in [1.29, 1.82) is 0 Å². The highest BCUT2D eigenvalue weighted by atomic mass is 35.5. The van der Waals surface area contributed by atoms with Crippen molar-refractivity contribution in [1.82, 2.24) is 4.98 Å². The third kappa shape index (κ3) is 1.98. The van der Waals surface area contributed by atoms with Crippen LogP contribution in [0.1, 0.15) is 22.3 Å². The highest BCUT2D eigenvalue weighted by molar-refractivity contribution is 6.67. The summed E-state index contributed by atoms with van der Waals surface area (Å²) in [5.41, 5.74) is -0.858. The smallest absolute Gasteiger partial charge is 0.269 e. The van der Waals surface area contributed by atoms with Gasteiger partial charge in [-0.15, -0.1) is 0 Å². The molecule has 0 saturated heterocycles. The molecule has 1 aromatic heterocycles. The first-order valence-corrected chi connectivity index (χ1v) is 3.96. The number of methoxy groups -OCH3 is 1. The van der Waals surface area contributed by atoms with Crippen molar-refractivity contribution < 1.29 is 18.3 Å². The summed E-state index contributed by atoms with van der Waals surface area (Å²) in [6, 6.07) is 1.12. The molecule has 6 heteroatoms. The Kier molecular flexibility index (Phi) is 3.35. The van der Waals surface area contributed by atoms with E-state index in [2.05, 4.69) is 9.72 Å². The molecular formula is C8H6ClF2NO2. The normalized spacial score (nSPS) is 10.4. The van der Waals surface area contributed by atoms with E-state index in [1.165, 1.54) is 13.3 Å². The number of carbonyl (C=O) groups excluding carboxylic acids is 1. The first kappa shape index (κ1) is 10.8. The van der Waals surface area contributed by atoms with Crippen molar-refractivity contribution in [3.63, 3.8) is 0 Å². The van der Waals surface area contributed by atoms with Crippen LogP contribution in [0.5, 0.6) is 5.88 Å². The van der Waals surface area contributed by atoms with Crippen LogP contribution in [-0.2, 0) is 0 Å². The van der Waals surface area contributed by atoms with Gasteiger partial charge in [-0.25, -0.2) is 13.8 Å². The summed E-state index contributed by atoms with van der Waals surface area (Å²) in [5, 5.41) is -0.957. The van der Waals surface area contributed by atoms with Crippen molar-refractivity contribution in [3.8, 4) is 5.88 Å². The molecule has 0 N–H and O–H groups in total. The summed E-state index contributed by atoms with van der Waals surface area (Å²) in [5.74, 6) is -0.286. The van der Waals surface area contributed by atoms with Crippen LogP contribution in [0.4, 0.5) is 8.78 Å². The fraction of sp³-hybridized carbons (Fsp3) is 0.250. The molecule has 0 unspecified atom stereocenters. The lowest BCUT2D eigenvalue weighted by atomic mass is 10.1. The van der Waals surface area contributed by atoms with Crippen LogP contribution in [0.3, 0.4) is 0 Å². The summed E-state index contributed by atoms with van der Waals surface area (Å²) in [4.78, 5) is 14.3. The molecule has 0 fully saturated rings. The molecule has 0 aliphatic carbocycles. The largest absolute Gasteiger partial charge is 0.481 e. The van der Waals surface area contributed by atoms with Crippen molar-refractivity contribution in [2.24, 2.45) is 0 Å². The van der Waals surface area contributed by atoms with Crippen LogP contribution in [-0.4, -0.2) is 17.3 Å². The summed E-state index contributed by atoms with van der Waals surface area (Å²) in [7, 11) is 1.19. The molecule has 0 bridgehead atoms. The van der Waals surface area contributed by atoms with Gasteiger partial charge in [0.2, 0.25) is 5.88 Å². The van der Waals surface area contributed by atoms with Gasteiger partial charge in [-0.05, 0) is 17.7 Å². The Balaban J connectivity index is 3.35. The number of aromatic nitrogens is 1. The zero-order chi connectivity index (χ0) is 10.7. The molecule has 0 radical (unpaired) electrons. The van der Waals surface area contributed by atoms with Gasteiger partial charge < -0.3 is 4.74 Å². The molecule has 1 rings (SSSR count). The van der Waals surface area contributed by atoms with E-state index < -0.39 is 17.2 Å². The fourth-order valence-electron chi connectivity index (χ4n) is 0.999. The molecule has 1 heterocycles. The Bertz CT molecular complexity index is 357. The average molecular weight is 222 g/mol. The molecule has 0 atom stereocenters. The highest BCUT2D eigenvalue weighted by Gasteiger charge is 2.22.